The zero-order valence-electron chi connectivity index (χ0n) is 14.2. The average molecular weight is 319 g/mol. The largest absolute Gasteiger partial charge is 0.307 e. The minimum absolute atomic E-state index is 0.0750. The summed E-state index contributed by atoms with van der Waals surface area (Å²) >= 11 is 0. The molecule has 0 radical (unpaired) electrons. The number of carbonyl (C=O) groups excluding carboxylic acids is 1. The highest BCUT2D eigenvalue weighted by atomic mass is 16.2. The number of anilines is 1. The molecule has 24 heavy (non-hydrogen) atoms. The van der Waals surface area contributed by atoms with Crippen molar-refractivity contribution in [3.8, 4) is 11.3 Å². The molecule has 0 bridgehead atoms. The van der Waals surface area contributed by atoms with Crippen molar-refractivity contribution >= 4 is 11.6 Å². The molecule has 0 atom stereocenters. The Morgan fingerprint density at radius 1 is 1.04 bits per heavy atom. The topological polar surface area (TPSA) is 49.0 Å². The van der Waals surface area contributed by atoms with Gasteiger partial charge in [0.05, 0.1) is 5.69 Å². The lowest BCUT2D eigenvalue weighted by Crippen LogP contribution is -2.30. The molecule has 3 aromatic rings. The van der Waals surface area contributed by atoms with Gasteiger partial charge >= 0.3 is 0 Å². The van der Waals surface area contributed by atoms with Crippen LogP contribution in [0.1, 0.15) is 28.5 Å². The van der Waals surface area contributed by atoms with Gasteiger partial charge in [0.25, 0.3) is 5.91 Å². The standard InChI is InChI=1S/C20H21N3O/c1-4-23(17-7-5-6-15(3)12-17)20(24)19-13-18(21-22-19)16-10-8-14(2)9-11-16/h5-13H,4H2,1-3H3,(H,21,22). The van der Waals surface area contributed by atoms with Crippen LogP contribution in [0.2, 0.25) is 0 Å². The van der Waals surface area contributed by atoms with E-state index in [1.54, 1.807) is 4.90 Å². The highest BCUT2D eigenvalue weighted by Gasteiger charge is 2.19. The van der Waals surface area contributed by atoms with Crippen LogP contribution in [0.15, 0.2) is 54.6 Å². The summed E-state index contributed by atoms with van der Waals surface area (Å²) in [5, 5.41) is 7.17. The molecule has 122 valence electrons. The van der Waals surface area contributed by atoms with Crippen LogP contribution < -0.4 is 4.90 Å². The lowest BCUT2D eigenvalue weighted by molar-refractivity contribution is 0.0983. The maximum Gasteiger partial charge on any atom is 0.276 e. The van der Waals surface area contributed by atoms with Crippen molar-refractivity contribution in [1.29, 1.82) is 0 Å². The van der Waals surface area contributed by atoms with E-state index < -0.39 is 0 Å². The van der Waals surface area contributed by atoms with Crippen molar-refractivity contribution in [1.82, 2.24) is 10.2 Å². The Morgan fingerprint density at radius 2 is 1.79 bits per heavy atom. The molecule has 0 aliphatic rings. The summed E-state index contributed by atoms with van der Waals surface area (Å²) in [5.41, 5.74) is 5.49. The maximum absolute atomic E-state index is 12.8. The normalized spacial score (nSPS) is 10.6. The summed E-state index contributed by atoms with van der Waals surface area (Å²) in [4.78, 5) is 14.6. The monoisotopic (exact) mass is 319 g/mol. The Morgan fingerprint density at radius 3 is 2.46 bits per heavy atom. The van der Waals surface area contributed by atoms with Gasteiger partial charge in [0.15, 0.2) is 0 Å². The van der Waals surface area contributed by atoms with Crippen LogP contribution in [0.4, 0.5) is 5.69 Å². The number of aryl methyl sites for hydroxylation is 2. The second-order valence-electron chi connectivity index (χ2n) is 5.92. The molecule has 1 aromatic heterocycles. The molecule has 0 aliphatic heterocycles. The molecule has 0 unspecified atom stereocenters. The first-order valence-corrected chi connectivity index (χ1v) is 8.09. The number of nitrogens with one attached hydrogen (secondary N) is 1. The summed E-state index contributed by atoms with van der Waals surface area (Å²) < 4.78 is 0. The summed E-state index contributed by atoms with van der Waals surface area (Å²) in [6.07, 6.45) is 0. The lowest BCUT2D eigenvalue weighted by Gasteiger charge is -2.20. The fourth-order valence-corrected chi connectivity index (χ4v) is 2.69. The van der Waals surface area contributed by atoms with Crippen molar-refractivity contribution in [3.05, 3.63) is 71.4 Å². The molecule has 2 aromatic carbocycles. The fraction of sp³-hybridized carbons (Fsp3) is 0.200. The number of benzene rings is 2. The van der Waals surface area contributed by atoms with Crippen LogP contribution in [0.5, 0.6) is 0 Å². The van der Waals surface area contributed by atoms with Crippen LogP contribution in [0.25, 0.3) is 11.3 Å². The Labute approximate surface area is 142 Å². The van der Waals surface area contributed by atoms with E-state index in [1.165, 1.54) is 5.56 Å². The van der Waals surface area contributed by atoms with Crippen molar-refractivity contribution in [2.75, 3.05) is 11.4 Å². The van der Waals surface area contributed by atoms with Crippen LogP contribution >= 0.6 is 0 Å². The Kier molecular flexibility index (Phi) is 4.47. The SMILES string of the molecule is CCN(C(=O)c1cc(-c2ccc(C)cc2)n[nH]1)c1cccc(C)c1. The molecular formula is C20H21N3O. The lowest BCUT2D eigenvalue weighted by atomic mass is 10.1. The number of aromatic nitrogens is 2. The van der Waals surface area contributed by atoms with Gasteiger partial charge < -0.3 is 4.90 Å². The maximum atomic E-state index is 12.8. The van der Waals surface area contributed by atoms with E-state index in [1.807, 2.05) is 75.4 Å². The van der Waals surface area contributed by atoms with Crippen LogP contribution in [0, 0.1) is 13.8 Å². The van der Waals surface area contributed by atoms with Gasteiger partial charge in [-0.1, -0.05) is 42.0 Å². The molecule has 0 fully saturated rings. The van der Waals surface area contributed by atoms with E-state index in [4.69, 9.17) is 0 Å². The van der Waals surface area contributed by atoms with Crippen molar-refractivity contribution in [2.24, 2.45) is 0 Å². The first kappa shape index (κ1) is 16.0. The third-order valence-electron chi connectivity index (χ3n) is 4.03. The minimum Gasteiger partial charge on any atom is -0.307 e. The molecule has 4 heteroatoms. The summed E-state index contributed by atoms with van der Waals surface area (Å²) in [7, 11) is 0. The van der Waals surface area contributed by atoms with Gasteiger partial charge in [-0.3, -0.25) is 9.89 Å². The molecular weight excluding hydrogens is 298 g/mol. The quantitative estimate of drug-likeness (QED) is 0.776. The number of rotatable bonds is 4. The van der Waals surface area contributed by atoms with Crippen LogP contribution in [0.3, 0.4) is 0 Å². The first-order valence-electron chi connectivity index (χ1n) is 8.09. The van der Waals surface area contributed by atoms with E-state index in [0.29, 0.717) is 12.2 Å². The van der Waals surface area contributed by atoms with Gasteiger partial charge in [-0.05, 0) is 44.5 Å². The Bertz CT molecular complexity index is 849. The molecule has 4 nitrogen and oxygen atoms in total. The second kappa shape index (κ2) is 6.71. The number of amides is 1. The highest BCUT2D eigenvalue weighted by Crippen LogP contribution is 2.21. The van der Waals surface area contributed by atoms with Crippen molar-refractivity contribution in [2.45, 2.75) is 20.8 Å². The number of hydrogen-bond acceptors (Lipinski definition) is 2. The highest BCUT2D eigenvalue weighted by molar-refractivity contribution is 6.05. The van der Waals surface area contributed by atoms with Crippen molar-refractivity contribution < 1.29 is 4.79 Å². The summed E-state index contributed by atoms with van der Waals surface area (Å²) in [6.45, 7) is 6.64. The molecule has 0 saturated carbocycles. The molecule has 1 heterocycles. The summed E-state index contributed by atoms with van der Waals surface area (Å²) in [5.74, 6) is -0.0750. The number of nitrogens with zero attached hydrogens (tertiary/aromatic N) is 2. The second-order valence-corrected chi connectivity index (χ2v) is 5.92. The van der Waals surface area contributed by atoms with Gasteiger partial charge in [0.1, 0.15) is 5.69 Å². The van der Waals surface area contributed by atoms with Crippen molar-refractivity contribution in [3.63, 3.8) is 0 Å². The number of carbonyl (C=O) groups is 1. The molecule has 0 spiro atoms. The van der Waals surface area contributed by atoms with E-state index in [2.05, 4.69) is 10.2 Å². The van der Waals surface area contributed by atoms with E-state index >= 15 is 0 Å². The van der Waals surface area contributed by atoms with Gasteiger partial charge in [-0.15, -0.1) is 0 Å². The molecule has 3 rings (SSSR count). The number of hydrogen-bond donors (Lipinski definition) is 1. The van der Waals surface area contributed by atoms with Gasteiger partial charge in [-0.25, -0.2) is 0 Å². The summed E-state index contributed by atoms with van der Waals surface area (Å²) in [6, 6.07) is 17.9. The minimum atomic E-state index is -0.0750. The van der Waals surface area contributed by atoms with Gasteiger partial charge in [-0.2, -0.15) is 5.10 Å². The zero-order chi connectivity index (χ0) is 17.1. The molecule has 0 saturated heterocycles. The Hall–Kier alpha value is -2.88. The molecule has 1 amide bonds. The number of aromatic amines is 1. The molecule has 0 aliphatic carbocycles. The van der Waals surface area contributed by atoms with E-state index in [-0.39, 0.29) is 5.91 Å². The van der Waals surface area contributed by atoms with Gasteiger partial charge in [0, 0.05) is 17.8 Å². The van der Waals surface area contributed by atoms with E-state index in [9.17, 15) is 4.79 Å². The zero-order valence-corrected chi connectivity index (χ0v) is 14.2. The van der Waals surface area contributed by atoms with E-state index in [0.717, 1.165) is 22.5 Å². The van der Waals surface area contributed by atoms with Gasteiger partial charge in [0.2, 0.25) is 0 Å². The first-order chi connectivity index (χ1) is 11.6. The average Bonchev–Trinajstić information content (AvgIpc) is 3.06. The molecule has 1 N–H and O–H groups in total. The number of H-pyrrole nitrogens is 1. The smallest absolute Gasteiger partial charge is 0.276 e. The Balaban J connectivity index is 1.88. The fourth-order valence-electron chi connectivity index (χ4n) is 2.69. The predicted octanol–water partition coefficient (Wildman–Crippen LogP) is 4.36. The predicted molar refractivity (Wildman–Crippen MR) is 97.3 cm³/mol. The third kappa shape index (κ3) is 3.23. The van der Waals surface area contributed by atoms with Crippen LogP contribution in [-0.4, -0.2) is 22.6 Å². The third-order valence-corrected chi connectivity index (χ3v) is 4.03. The van der Waals surface area contributed by atoms with Crippen LogP contribution in [-0.2, 0) is 0 Å².